The van der Waals surface area contributed by atoms with Crippen molar-refractivity contribution in [1.82, 2.24) is 10.2 Å². The lowest BCUT2D eigenvalue weighted by molar-refractivity contribution is 0.199. The summed E-state index contributed by atoms with van der Waals surface area (Å²) in [4.78, 5) is 2.43. The molecule has 0 aromatic heterocycles. The Balaban J connectivity index is 0.00000162. The number of nitrogens with one attached hydrogen (secondary N) is 1. The van der Waals surface area contributed by atoms with Gasteiger partial charge >= 0.3 is 0 Å². The van der Waals surface area contributed by atoms with E-state index in [1.807, 2.05) is 18.2 Å². The molecule has 1 aliphatic heterocycles. The second kappa shape index (κ2) is 7.19. The zero-order valence-electron chi connectivity index (χ0n) is 10.8. The third-order valence-electron chi connectivity index (χ3n) is 3.11. The van der Waals surface area contributed by atoms with Crippen molar-refractivity contribution in [3.8, 4) is 5.75 Å². The van der Waals surface area contributed by atoms with E-state index in [0.717, 1.165) is 37.0 Å². The first-order valence-electron chi connectivity index (χ1n) is 5.97. The van der Waals surface area contributed by atoms with Crippen LogP contribution in [0.5, 0.6) is 5.75 Å². The lowest BCUT2D eigenvalue weighted by Gasteiger charge is -2.32. The number of halogens is 2. The van der Waals surface area contributed by atoms with Crippen LogP contribution in [0.3, 0.4) is 0 Å². The first-order valence-corrected chi connectivity index (χ1v) is 6.35. The van der Waals surface area contributed by atoms with Gasteiger partial charge in [0.15, 0.2) is 0 Å². The smallest absolute Gasteiger partial charge is 0.120 e. The van der Waals surface area contributed by atoms with Crippen molar-refractivity contribution in [1.29, 1.82) is 0 Å². The van der Waals surface area contributed by atoms with E-state index in [0.29, 0.717) is 6.04 Å². The first kappa shape index (κ1) is 15.6. The molecular formula is C13H20Cl2N2O. The second-order valence-electron chi connectivity index (χ2n) is 4.55. The monoisotopic (exact) mass is 290 g/mol. The molecule has 18 heavy (non-hydrogen) atoms. The third-order valence-corrected chi connectivity index (χ3v) is 3.46. The average Bonchev–Trinajstić information content (AvgIpc) is 2.32. The fourth-order valence-corrected chi connectivity index (χ4v) is 2.41. The highest BCUT2D eigenvalue weighted by atomic mass is 35.5. The van der Waals surface area contributed by atoms with Gasteiger partial charge in [0.1, 0.15) is 5.75 Å². The summed E-state index contributed by atoms with van der Waals surface area (Å²) in [5, 5.41) is 4.22. The Bertz CT molecular complexity index is 387. The van der Waals surface area contributed by atoms with Gasteiger partial charge in [0, 0.05) is 37.2 Å². The van der Waals surface area contributed by atoms with Gasteiger partial charge < -0.3 is 10.1 Å². The van der Waals surface area contributed by atoms with Crippen LogP contribution in [0.25, 0.3) is 0 Å². The van der Waals surface area contributed by atoms with Crippen molar-refractivity contribution < 1.29 is 4.74 Å². The number of methoxy groups -OCH3 is 1. The highest BCUT2D eigenvalue weighted by Gasteiger charge is 2.16. The summed E-state index contributed by atoms with van der Waals surface area (Å²) in [6.07, 6.45) is 0. The summed E-state index contributed by atoms with van der Waals surface area (Å²) >= 11 is 6.24. The molecule has 1 saturated heterocycles. The van der Waals surface area contributed by atoms with E-state index in [1.54, 1.807) is 7.11 Å². The van der Waals surface area contributed by atoms with Gasteiger partial charge in [-0.2, -0.15) is 0 Å². The highest BCUT2D eigenvalue weighted by molar-refractivity contribution is 6.31. The Hall–Kier alpha value is -0.480. The van der Waals surface area contributed by atoms with Crippen molar-refractivity contribution in [3.63, 3.8) is 0 Å². The quantitative estimate of drug-likeness (QED) is 0.926. The first-order chi connectivity index (χ1) is 8.19. The van der Waals surface area contributed by atoms with Gasteiger partial charge in [0.2, 0.25) is 0 Å². The molecule has 0 spiro atoms. The Morgan fingerprint density at radius 2 is 2.28 bits per heavy atom. The number of benzene rings is 1. The van der Waals surface area contributed by atoms with Crippen molar-refractivity contribution in [2.45, 2.75) is 19.5 Å². The zero-order valence-corrected chi connectivity index (χ0v) is 12.4. The van der Waals surface area contributed by atoms with Gasteiger partial charge in [-0.3, -0.25) is 4.90 Å². The molecule has 1 heterocycles. The van der Waals surface area contributed by atoms with Crippen LogP contribution in [0.1, 0.15) is 12.5 Å². The summed E-state index contributed by atoms with van der Waals surface area (Å²) in [5.41, 5.74) is 1.17. The molecule has 102 valence electrons. The lowest BCUT2D eigenvalue weighted by Crippen LogP contribution is -2.48. The molecule has 1 atom stereocenters. The van der Waals surface area contributed by atoms with Crippen LogP contribution < -0.4 is 10.1 Å². The molecule has 1 aromatic carbocycles. The Labute approximate surface area is 120 Å². The van der Waals surface area contributed by atoms with Crippen molar-refractivity contribution in [3.05, 3.63) is 28.8 Å². The number of hydrogen-bond donors (Lipinski definition) is 1. The molecule has 2 rings (SSSR count). The van der Waals surface area contributed by atoms with E-state index < -0.39 is 0 Å². The molecule has 1 N–H and O–H groups in total. The summed E-state index contributed by atoms with van der Waals surface area (Å²) in [7, 11) is 1.66. The molecule has 0 aliphatic carbocycles. The number of rotatable bonds is 3. The summed E-state index contributed by atoms with van der Waals surface area (Å²) in [5.74, 6) is 0.812. The SMILES string of the molecule is COc1ccc(CN2CCN[C@H](C)C2)c(Cl)c1.Cl. The number of nitrogens with zero attached hydrogens (tertiary/aromatic N) is 1. The molecule has 0 unspecified atom stereocenters. The van der Waals surface area contributed by atoms with Crippen molar-refractivity contribution >= 4 is 24.0 Å². The zero-order chi connectivity index (χ0) is 12.3. The molecule has 0 amide bonds. The van der Waals surface area contributed by atoms with E-state index in [9.17, 15) is 0 Å². The van der Waals surface area contributed by atoms with Crippen molar-refractivity contribution in [2.75, 3.05) is 26.7 Å². The fraction of sp³-hybridized carbons (Fsp3) is 0.538. The van der Waals surface area contributed by atoms with Gasteiger partial charge in [0.05, 0.1) is 7.11 Å². The third kappa shape index (κ3) is 4.02. The molecule has 1 fully saturated rings. The molecule has 0 bridgehead atoms. The normalized spacial score (nSPS) is 20.3. The minimum atomic E-state index is 0. The largest absolute Gasteiger partial charge is 0.497 e. The molecule has 3 nitrogen and oxygen atoms in total. The maximum atomic E-state index is 6.24. The molecule has 5 heteroatoms. The summed E-state index contributed by atoms with van der Waals surface area (Å²) in [6.45, 7) is 6.32. The molecule has 1 aromatic rings. The minimum absolute atomic E-state index is 0. The molecule has 0 radical (unpaired) electrons. The topological polar surface area (TPSA) is 24.5 Å². The Morgan fingerprint density at radius 1 is 1.50 bits per heavy atom. The van der Waals surface area contributed by atoms with Gasteiger partial charge in [-0.05, 0) is 24.6 Å². The van der Waals surface area contributed by atoms with Crippen LogP contribution in [0.4, 0.5) is 0 Å². The van der Waals surface area contributed by atoms with Gasteiger partial charge in [-0.1, -0.05) is 17.7 Å². The number of ether oxygens (including phenoxy) is 1. The molecule has 1 aliphatic rings. The maximum absolute atomic E-state index is 6.24. The second-order valence-corrected chi connectivity index (χ2v) is 4.95. The van der Waals surface area contributed by atoms with Gasteiger partial charge in [0.25, 0.3) is 0 Å². The van der Waals surface area contributed by atoms with Crippen LogP contribution in [-0.4, -0.2) is 37.7 Å². The predicted molar refractivity (Wildman–Crippen MR) is 78.0 cm³/mol. The Kier molecular flexibility index (Phi) is 6.22. The van der Waals surface area contributed by atoms with Crippen LogP contribution >= 0.6 is 24.0 Å². The molecular weight excluding hydrogens is 271 g/mol. The van der Waals surface area contributed by atoms with E-state index in [4.69, 9.17) is 16.3 Å². The highest BCUT2D eigenvalue weighted by Crippen LogP contribution is 2.23. The van der Waals surface area contributed by atoms with Crippen LogP contribution in [0.2, 0.25) is 5.02 Å². The van der Waals surface area contributed by atoms with Crippen LogP contribution in [0.15, 0.2) is 18.2 Å². The van der Waals surface area contributed by atoms with E-state index in [-0.39, 0.29) is 12.4 Å². The fourth-order valence-electron chi connectivity index (χ4n) is 2.18. The lowest BCUT2D eigenvalue weighted by atomic mass is 10.1. The Morgan fingerprint density at radius 3 is 2.89 bits per heavy atom. The number of piperazine rings is 1. The standard InChI is InChI=1S/C13H19ClN2O.ClH/c1-10-8-16(6-5-15-10)9-11-3-4-12(17-2)7-13(11)14;/h3-4,7,10,15H,5-6,8-9H2,1-2H3;1H/t10-;/m1./s1. The van der Waals surface area contributed by atoms with Gasteiger partial charge in [-0.25, -0.2) is 0 Å². The van der Waals surface area contributed by atoms with E-state index >= 15 is 0 Å². The van der Waals surface area contributed by atoms with E-state index in [2.05, 4.69) is 17.1 Å². The van der Waals surface area contributed by atoms with Crippen LogP contribution in [0, 0.1) is 0 Å². The van der Waals surface area contributed by atoms with Gasteiger partial charge in [-0.15, -0.1) is 12.4 Å². The average molecular weight is 291 g/mol. The summed E-state index contributed by atoms with van der Waals surface area (Å²) in [6, 6.07) is 6.45. The summed E-state index contributed by atoms with van der Waals surface area (Å²) < 4.78 is 5.15. The predicted octanol–water partition coefficient (Wildman–Crippen LogP) is 2.56. The minimum Gasteiger partial charge on any atom is -0.497 e. The molecule has 0 saturated carbocycles. The maximum Gasteiger partial charge on any atom is 0.120 e. The van der Waals surface area contributed by atoms with E-state index in [1.165, 1.54) is 5.56 Å². The van der Waals surface area contributed by atoms with Crippen molar-refractivity contribution in [2.24, 2.45) is 0 Å². The number of hydrogen-bond acceptors (Lipinski definition) is 3. The van der Waals surface area contributed by atoms with Crippen LogP contribution in [-0.2, 0) is 6.54 Å².